The summed E-state index contributed by atoms with van der Waals surface area (Å²) in [5.41, 5.74) is 1.85. The third-order valence-corrected chi connectivity index (χ3v) is 2.05. The van der Waals surface area contributed by atoms with Crippen LogP contribution in [0.4, 0.5) is 0 Å². The third kappa shape index (κ3) is 4.13. The lowest BCUT2D eigenvalue weighted by Gasteiger charge is -2.05. The lowest BCUT2D eigenvalue weighted by atomic mass is 10.1. The summed E-state index contributed by atoms with van der Waals surface area (Å²) in [6, 6.07) is 7.51. The minimum absolute atomic E-state index is 0.0466. The zero-order chi connectivity index (χ0) is 11.1. The predicted molar refractivity (Wildman–Crippen MR) is 60.0 cm³/mol. The van der Waals surface area contributed by atoms with Gasteiger partial charge in [-0.05, 0) is 26.0 Å². The van der Waals surface area contributed by atoms with E-state index in [0.29, 0.717) is 25.3 Å². The fraction of sp³-hybridized carbons (Fsp3) is 0.417. The standard InChI is InChI=1S/C12H17NO2/c1-3-15-9-8-13-12(14)11-6-4-10(2)5-7-11/h4-7H,3,8-9H2,1-2H3,(H,13,14). The molecule has 0 aromatic heterocycles. The highest BCUT2D eigenvalue weighted by Crippen LogP contribution is 2.02. The molecule has 0 radical (unpaired) electrons. The summed E-state index contributed by atoms with van der Waals surface area (Å²) < 4.78 is 5.12. The number of aryl methyl sites for hydroxylation is 1. The number of nitrogens with one attached hydrogen (secondary N) is 1. The van der Waals surface area contributed by atoms with Crippen molar-refractivity contribution in [3.63, 3.8) is 0 Å². The minimum Gasteiger partial charge on any atom is -0.380 e. The van der Waals surface area contributed by atoms with E-state index in [-0.39, 0.29) is 5.91 Å². The summed E-state index contributed by atoms with van der Waals surface area (Å²) in [6.07, 6.45) is 0. The van der Waals surface area contributed by atoms with Crippen LogP contribution in [-0.2, 0) is 4.74 Å². The Morgan fingerprint density at radius 3 is 2.60 bits per heavy atom. The molecule has 82 valence electrons. The van der Waals surface area contributed by atoms with Crippen LogP contribution < -0.4 is 5.32 Å². The normalized spacial score (nSPS) is 10.0. The first kappa shape index (κ1) is 11.7. The van der Waals surface area contributed by atoms with Crippen LogP contribution in [-0.4, -0.2) is 25.7 Å². The lowest BCUT2D eigenvalue weighted by molar-refractivity contribution is 0.0922. The SMILES string of the molecule is CCOCCNC(=O)c1ccc(C)cc1. The Bertz CT molecular complexity index is 306. The smallest absolute Gasteiger partial charge is 0.251 e. The van der Waals surface area contributed by atoms with E-state index in [2.05, 4.69) is 5.32 Å². The van der Waals surface area contributed by atoms with Crippen LogP contribution >= 0.6 is 0 Å². The number of benzene rings is 1. The number of hydrogen-bond donors (Lipinski definition) is 1. The van der Waals surface area contributed by atoms with Gasteiger partial charge in [-0.25, -0.2) is 0 Å². The Morgan fingerprint density at radius 2 is 2.00 bits per heavy atom. The molecule has 1 aromatic carbocycles. The second kappa shape index (κ2) is 6.19. The van der Waals surface area contributed by atoms with Crippen LogP contribution in [0.3, 0.4) is 0 Å². The number of hydrogen-bond acceptors (Lipinski definition) is 2. The van der Waals surface area contributed by atoms with Gasteiger partial charge in [0.15, 0.2) is 0 Å². The fourth-order valence-corrected chi connectivity index (χ4v) is 1.19. The van der Waals surface area contributed by atoms with Crippen molar-refractivity contribution in [1.82, 2.24) is 5.32 Å². The van der Waals surface area contributed by atoms with E-state index in [0.717, 1.165) is 5.56 Å². The predicted octanol–water partition coefficient (Wildman–Crippen LogP) is 1.76. The van der Waals surface area contributed by atoms with E-state index < -0.39 is 0 Å². The first-order valence-electron chi connectivity index (χ1n) is 5.16. The van der Waals surface area contributed by atoms with E-state index in [1.807, 2.05) is 38.1 Å². The van der Waals surface area contributed by atoms with E-state index in [4.69, 9.17) is 4.74 Å². The van der Waals surface area contributed by atoms with Gasteiger partial charge in [-0.1, -0.05) is 17.7 Å². The first-order chi connectivity index (χ1) is 7.24. The molecule has 1 amide bonds. The van der Waals surface area contributed by atoms with E-state index in [1.165, 1.54) is 0 Å². The fourth-order valence-electron chi connectivity index (χ4n) is 1.19. The summed E-state index contributed by atoms with van der Waals surface area (Å²) >= 11 is 0. The van der Waals surface area contributed by atoms with Gasteiger partial charge in [0.1, 0.15) is 0 Å². The van der Waals surface area contributed by atoms with Gasteiger partial charge in [-0.3, -0.25) is 4.79 Å². The molecule has 3 nitrogen and oxygen atoms in total. The zero-order valence-electron chi connectivity index (χ0n) is 9.25. The van der Waals surface area contributed by atoms with Gasteiger partial charge in [0.05, 0.1) is 6.61 Å². The highest BCUT2D eigenvalue weighted by molar-refractivity contribution is 5.94. The molecule has 0 fully saturated rings. The average molecular weight is 207 g/mol. The van der Waals surface area contributed by atoms with Crippen LogP contribution in [0, 0.1) is 6.92 Å². The second-order valence-electron chi connectivity index (χ2n) is 3.32. The van der Waals surface area contributed by atoms with Gasteiger partial charge < -0.3 is 10.1 Å². The molecule has 0 aliphatic heterocycles. The summed E-state index contributed by atoms with van der Waals surface area (Å²) in [7, 11) is 0. The Morgan fingerprint density at radius 1 is 1.33 bits per heavy atom. The molecule has 1 rings (SSSR count). The average Bonchev–Trinajstić information content (AvgIpc) is 2.25. The van der Waals surface area contributed by atoms with Crippen LogP contribution in [0.1, 0.15) is 22.8 Å². The van der Waals surface area contributed by atoms with Gasteiger partial charge in [0, 0.05) is 18.7 Å². The summed E-state index contributed by atoms with van der Waals surface area (Å²) in [6.45, 7) is 5.73. The molecule has 0 atom stereocenters. The molecule has 0 unspecified atom stereocenters. The minimum atomic E-state index is -0.0466. The molecule has 0 saturated heterocycles. The molecule has 0 bridgehead atoms. The van der Waals surface area contributed by atoms with Crippen LogP contribution in [0.25, 0.3) is 0 Å². The van der Waals surface area contributed by atoms with Gasteiger partial charge >= 0.3 is 0 Å². The van der Waals surface area contributed by atoms with Crippen molar-refractivity contribution in [3.05, 3.63) is 35.4 Å². The van der Waals surface area contributed by atoms with Crippen molar-refractivity contribution in [2.24, 2.45) is 0 Å². The molecule has 3 heteroatoms. The molecule has 0 aliphatic rings. The quantitative estimate of drug-likeness (QED) is 0.747. The van der Waals surface area contributed by atoms with Crippen molar-refractivity contribution in [2.75, 3.05) is 19.8 Å². The highest BCUT2D eigenvalue weighted by atomic mass is 16.5. The molecule has 1 N–H and O–H groups in total. The highest BCUT2D eigenvalue weighted by Gasteiger charge is 2.02. The van der Waals surface area contributed by atoms with Gasteiger partial charge in [-0.2, -0.15) is 0 Å². The summed E-state index contributed by atoms with van der Waals surface area (Å²) in [4.78, 5) is 11.6. The molecule has 0 spiro atoms. The Balaban J connectivity index is 2.37. The van der Waals surface area contributed by atoms with Crippen molar-refractivity contribution >= 4 is 5.91 Å². The number of rotatable bonds is 5. The summed E-state index contributed by atoms with van der Waals surface area (Å²) in [5, 5.41) is 2.79. The van der Waals surface area contributed by atoms with Crippen LogP contribution in [0.15, 0.2) is 24.3 Å². The maximum absolute atomic E-state index is 11.6. The largest absolute Gasteiger partial charge is 0.380 e. The third-order valence-electron chi connectivity index (χ3n) is 2.05. The first-order valence-corrected chi connectivity index (χ1v) is 5.16. The monoisotopic (exact) mass is 207 g/mol. The second-order valence-corrected chi connectivity index (χ2v) is 3.32. The van der Waals surface area contributed by atoms with Crippen LogP contribution in [0.5, 0.6) is 0 Å². The van der Waals surface area contributed by atoms with Crippen molar-refractivity contribution in [2.45, 2.75) is 13.8 Å². The van der Waals surface area contributed by atoms with Gasteiger partial charge in [0.2, 0.25) is 0 Å². The van der Waals surface area contributed by atoms with Gasteiger partial charge in [0.25, 0.3) is 5.91 Å². The molecule has 1 aromatic rings. The molecule has 0 heterocycles. The van der Waals surface area contributed by atoms with Crippen molar-refractivity contribution in [1.29, 1.82) is 0 Å². The molecule has 15 heavy (non-hydrogen) atoms. The van der Waals surface area contributed by atoms with Crippen molar-refractivity contribution < 1.29 is 9.53 Å². The zero-order valence-corrected chi connectivity index (χ0v) is 9.25. The summed E-state index contributed by atoms with van der Waals surface area (Å²) in [5.74, 6) is -0.0466. The molecular formula is C12H17NO2. The number of carbonyl (C=O) groups is 1. The maximum atomic E-state index is 11.6. The molecular weight excluding hydrogens is 190 g/mol. The molecule has 0 saturated carbocycles. The Labute approximate surface area is 90.4 Å². The maximum Gasteiger partial charge on any atom is 0.251 e. The lowest BCUT2D eigenvalue weighted by Crippen LogP contribution is -2.27. The van der Waals surface area contributed by atoms with E-state index in [1.54, 1.807) is 0 Å². The Hall–Kier alpha value is -1.35. The van der Waals surface area contributed by atoms with Crippen LogP contribution in [0.2, 0.25) is 0 Å². The number of ether oxygens (including phenoxy) is 1. The van der Waals surface area contributed by atoms with Crippen molar-refractivity contribution in [3.8, 4) is 0 Å². The van der Waals surface area contributed by atoms with E-state index in [9.17, 15) is 4.79 Å². The Kier molecular flexibility index (Phi) is 4.84. The number of carbonyl (C=O) groups excluding carboxylic acids is 1. The van der Waals surface area contributed by atoms with E-state index >= 15 is 0 Å². The number of amides is 1. The molecule has 0 aliphatic carbocycles. The van der Waals surface area contributed by atoms with Gasteiger partial charge in [-0.15, -0.1) is 0 Å². The topological polar surface area (TPSA) is 38.3 Å².